The Balaban J connectivity index is 1.96. The number of benzene rings is 1. The Bertz CT molecular complexity index is 584. The summed E-state index contributed by atoms with van der Waals surface area (Å²) in [6.07, 6.45) is 3.43. The van der Waals surface area contributed by atoms with Gasteiger partial charge in [-0.1, -0.05) is 17.7 Å². The number of aromatic amines is 1. The monoisotopic (exact) mass is 263 g/mol. The SMILES string of the molecule is O=C(c1c[nH]c2cc(Cl)ccc12)C1CCOCC1. The van der Waals surface area contributed by atoms with Gasteiger partial charge in [0.05, 0.1) is 0 Å². The average Bonchev–Trinajstić information content (AvgIpc) is 2.81. The summed E-state index contributed by atoms with van der Waals surface area (Å²) in [5, 5.41) is 1.63. The largest absolute Gasteiger partial charge is 0.381 e. The number of Topliss-reactive ketones (excluding diaryl/α,β-unsaturated/α-hetero) is 1. The fourth-order valence-corrected chi connectivity index (χ4v) is 2.65. The number of H-pyrrole nitrogens is 1. The molecule has 0 saturated carbocycles. The van der Waals surface area contributed by atoms with E-state index < -0.39 is 0 Å². The Morgan fingerprint density at radius 2 is 2.11 bits per heavy atom. The van der Waals surface area contributed by atoms with Gasteiger partial charge >= 0.3 is 0 Å². The molecule has 1 aromatic heterocycles. The lowest BCUT2D eigenvalue weighted by Crippen LogP contribution is -2.23. The molecule has 0 unspecified atom stereocenters. The Hall–Kier alpha value is -1.32. The van der Waals surface area contributed by atoms with Crippen LogP contribution < -0.4 is 0 Å². The maximum absolute atomic E-state index is 12.5. The van der Waals surface area contributed by atoms with Gasteiger partial charge in [-0.15, -0.1) is 0 Å². The number of nitrogens with one attached hydrogen (secondary N) is 1. The molecule has 1 saturated heterocycles. The van der Waals surface area contributed by atoms with E-state index in [1.54, 1.807) is 6.20 Å². The first-order valence-corrected chi connectivity index (χ1v) is 6.52. The number of halogens is 1. The van der Waals surface area contributed by atoms with Crippen molar-refractivity contribution in [1.29, 1.82) is 0 Å². The summed E-state index contributed by atoms with van der Waals surface area (Å²) in [5.74, 6) is 0.306. The first-order valence-electron chi connectivity index (χ1n) is 6.14. The normalized spacial score (nSPS) is 17.2. The van der Waals surface area contributed by atoms with Gasteiger partial charge in [-0.05, 0) is 25.0 Å². The molecule has 0 aliphatic carbocycles. The van der Waals surface area contributed by atoms with Crippen LogP contribution in [0.2, 0.25) is 5.02 Å². The Morgan fingerprint density at radius 1 is 1.33 bits per heavy atom. The van der Waals surface area contributed by atoms with E-state index in [-0.39, 0.29) is 11.7 Å². The molecule has 1 aliphatic heterocycles. The highest BCUT2D eigenvalue weighted by molar-refractivity contribution is 6.31. The Labute approximate surface area is 110 Å². The van der Waals surface area contributed by atoms with Crippen molar-refractivity contribution >= 4 is 28.3 Å². The maximum atomic E-state index is 12.5. The zero-order chi connectivity index (χ0) is 12.5. The van der Waals surface area contributed by atoms with E-state index in [1.807, 2.05) is 18.2 Å². The number of hydrogen-bond donors (Lipinski definition) is 1. The molecule has 0 spiro atoms. The molecule has 0 atom stereocenters. The van der Waals surface area contributed by atoms with Crippen molar-refractivity contribution in [2.24, 2.45) is 5.92 Å². The zero-order valence-corrected chi connectivity index (χ0v) is 10.7. The fourth-order valence-electron chi connectivity index (χ4n) is 2.48. The summed E-state index contributed by atoms with van der Waals surface area (Å²) >= 11 is 5.93. The van der Waals surface area contributed by atoms with Crippen LogP contribution in [0, 0.1) is 5.92 Å². The summed E-state index contributed by atoms with van der Waals surface area (Å²) in [6, 6.07) is 5.57. The molecule has 2 heterocycles. The van der Waals surface area contributed by atoms with Gasteiger partial charge in [0.25, 0.3) is 0 Å². The Kier molecular flexibility index (Phi) is 3.10. The second kappa shape index (κ2) is 4.75. The average molecular weight is 264 g/mol. The summed E-state index contributed by atoms with van der Waals surface area (Å²) in [4.78, 5) is 15.6. The second-order valence-corrected chi connectivity index (χ2v) is 5.08. The first kappa shape index (κ1) is 11.8. The standard InChI is InChI=1S/C14H14ClNO2/c15-10-1-2-11-12(8-16-13(11)7-10)14(17)9-3-5-18-6-4-9/h1-2,7-9,16H,3-6H2. The molecule has 0 amide bonds. The van der Waals surface area contributed by atoms with Gasteiger partial charge < -0.3 is 9.72 Å². The van der Waals surface area contributed by atoms with E-state index in [1.165, 1.54) is 0 Å². The van der Waals surface area contributed by atoms with Crippen LogP contribution >= 0.6 is 11.6 Å². The third-order valence-corrected chi connectivity index (χ3v) is 3.74. The smallest absolute Gasteiger partial charge is 0.168 e. The maximum Gasteiger partial charge on any atom is 0.168 e. The van der Waals surface area contributed by atoms with E-state index in [9.17, 15) is 4.79 Å². The molecule has 1 N–H and O–H groups in total. The van der Waals surface area contributed by atoms with Gasteiger partial charge in [-0.25, -0.2) is 0 Å². The highest BCUT2D eigenvalue weighted by Gasteiger charge is 2.24. The topological polar surface area (TPSA) is 42.1 Å². The molecular formula is C14H14ClNO2. The van der Waals surface area contributed by atoms with Crippen molar-refractivity contribution in [3.8, 4) is 0 Å². The van der Waals surface area contributed by atoms with Crippen LogP contribution in [0.1, 0.15) is 23.2 Å². The summed E-state index contributed by atoms with van der Waals surface area (Å²) in [5.41, 5.74) is 1.69. The number of fused-ring (bicyclic) bond motifs is 1. The number of hydrogen-bond acceptors (Lipinski definition) is 2. The van der Waals surface area contributed by atoms with Crippen LogP contribution in [0.3, 0.4) is 0 Å². The molecule has 3 nitrogen and oxygen atoms in total. The highest BCUT2D eigenvalue weighted by atomic mass is 35.5. The number of ether oxygens (including phenoxy) is 1. The van der Waals surface area contributed by atoms with Crippen LogP contribution in [0.15, 0.2) is 24.4 Å². The fraction of sp³-hybridized carbons (Fsp3) is 0.357. The highest BCUT2D eigenvalue weighted by Crippen LogP contribution is 2.27. The van der Waals surface area contributed by atoms with E-state index in [4.69, 9.17) is 16.3 Å². The van der Waals surface area contributed by atoms with Gasteiger partial charge in [0, 0.05) is 46.8 Å². The van der Waals surface area contributed by atoms with E-state index in [0.29, 0.717) is 18.2 Å². The lowest BCUT2D eigenvalue weighted by atomic mass is 9.91. The minimum Gasteiger partial charge on any atom is -0.381 e. The van der Waals surface area contributed by atoms with Gasteiger partial charge in [-0.2, -0.15) is 0 Å². The molecule has 0 radical (unpaired) electrons. The first-order chi connectivity index (χ1) is 8.75. The van der Waals surface area contributed by atoms with Crippen LogP contribution in [0.4, 0.5) is 0 Å². The summed E-state index contributed by atoms with van der Waals surface area (Å²) in [7, 11) is 0. The number of rotatable bonds is 2. The number of aromatic nitrogens is 1. The van der Waals surface area contributed by atoms with Crippen molar-refractivity contribution < 1.29 is 9.53 Å². The van der Waals surface area contributed by atoms with Gasteiger partial charge in [0.15, 0.2) is 5.78 Å². The van der Waals surface area contributed by atoms with Crippen LogP contribution in [-0.2, 0) is 4.74 Å². The minimum absolute atomic E-state index is 0.0911. The molecule has 18 heavy (non-hydrogen) atoms. The molecule has 1 aliphatic rings. The van der Waals surface area contributed by atoms with Crippen LogP contribution in [0.5, 0.6) is 0 Å². The van der Waals surface area contributed by atoms with Crippen LogP contribution in [0.25, 0.3) is 10.9 Å². The van der Waals surface area contributed by atoms with Crippen LogP contribution in [-0.4, -0.2) is 24.0 Å². The molecule has 1 aromatic carbocycles. The van der Waals surface area contributed by atoms with Gasteiger partial charge in [0.2, 0.25) is 0 Å². The second-order valence-electron chi connectivity index (χ2n) is 4.64. The molecule has 1 fully saturated rings. The molecule has 3 rings (SSSR count). The third-order valence-electron chi connectivity index (χ3n) is 3.50. The quantitative estimate of drug-likeness (QED) is 0.844. The third kappa shape index (κ3) is 2.04. The van der Waals surface area contributed by atoms with E-state index in [0.717, 1.165) is 29.3 Å². The van der Waals surface area contributed by atoms with E-state index in [2.05, 4.69) is 4.98 Å². The zero-order valence-electron chi connectivity index (χ0n) is 9.91. The van der Waals surface area contributed by atoms with Crippen molar-refractivity contribution in [2.75, 3.05) is 13.2 Å². The Morgan fingerprint density at radius 3 is 2.89 bits per heavy atom. The number of ketones is 1. The van der Waals surface area contributed by atoms with Crippen molar-refractivity contribution in [3.05, 3.63) is 35.0 Å². The van der Waals surface area contributed by atoms with Crippen molar-refractivity contribution in [2.45, 2.75) is 12.8 Å². The summed E-state index contributed by atoms with van der Waals surface area (Å²) < 4.78 is 5.29. The lowest BCUT2D eigenvalue weighted by Gasteiger charge is -2.20. The number of carbonyl (C=O) groups is 1. The van der Waals surface area contributed by atoms with E-state index >= 15 is 0 Å². The number of carbonyl (C=O) groups excluding carboxylic acids is 1. The predicted molar refractivity (Wildman–Crippen MR) is 71.2 cm³/mol. The van der Waals surface area contributed by atoms with Crippen molar-refractivity contribution in [1.82, 2.24) is 4.98 Å². The summed E-state index contributed by atoms with van der Waals surface area (Å²) in [6.45, 7) is 1.37. The molecule has 2 aromatic rings. The minimum atomic E-state index is 0.0911. The molecular weight excluding hydrogens is 250 g/mol. The molecule has 94 valence electrons. The lowest BCUT2D eigenvalue weighted by molar-refractivity contribution is 0.0546. The predicted octanol–water partition coefficient (Wildman–Crippen LogP) is 3.43. The molecule has 4 heteroatoms. The van der Waals surface area contributed by atoms with Crippen molar-refractivity contribution in [3.63, 3.8) is 0 Å². The van der Waals surface area contributed by atoms with Gasteiger partial charge in [0.1, 0.15) is 0 Å². The molecule has 0 bridgehead atoms. The van der Waals surface area contributed by atoms with Gasteiger partial charge in [-0.3, -0.25) is 4.79 Å².